The van der Waals surface area contributed by atoms with Crippen molar-refractivity contribution >= 4 is 40.4 Å². The number of nitrogens with zero attached hydrogens (tertiary/aromatic N) is 5. The van der Waals surface area contributed by atoms with Crippen LogP contribution in [-0.4, -0.2) is 46.1 Å². The highest BCUT2D eigenvalue weighted by Gasteiger charge is 2.23. The lowest BCUT2D eigenvalue weighted by Gasteiger charge is -2.28. The Morgan fingerprint density at radius 1 is 1.10 bits per heavy atom. The van der Waals surface area contributed by atoms with Crippen LogP contribution in [0.1, 0.15) is 18.2 Å². The smallest absolute Gasteiger partial charge is 0.232 e. The van der Waals surface area contributed by atoms with Crippen molar-refractivity contribution in [1.29, 1.82) is 0 Å². The number of aromatic nitrogens is 4. The Hall–Kier alpha value is -2.20. The Morgan fingerprint density at radius 3 is 2.77 bits per heavy atom. The van der Waals surface area contributed by atoms with Gasteiger partial charge >= 0.3 is 0 Å². The molecular weight excluding hydrogens is 446 g/mol. The summed E-state index contributed by atoms with van der Waals surface area (Å²) in [5, 5.41) is 17.5. The number of ether oxygens (including phenoxy) is 1. The summed E-state index contributed by atoms with van der Waals surface area (Å²) in [6.45, 7) is 5.27. The van der Waals surface area contributed by atoms with Crippen LogP contribution >= 0.6 is 34.4 Å². The minimum atomic E-state index is 0.717. The molecule has 160 valence electrons. The molecule has 0 aliphatic carbocycles. The van der Waals surface area contributed by atoms with Crippen LogP contribution in [-0.2, 0) is 16.9 Å². The number of rotatable bonds is 7. The molecule has 31 heavy (non-hydrogen) atoms. The number of benzene rings is 1. The first kappa shape index (κ1) is 20.7. The molecular formula is C22H23N5OS3. The average Bonchev–Trinajstić information content (AvgIpc) is 3.58. The van der Waals surface area contributed by atoms with Crippen LogP contribution in [0.25, 0.3) is 16.3 Å². The number of thiazole rings is 1. The SMILES string of the molecule is CCc1ccccc1-n1c(SCc2csc(-c3ccsc3)n2)nnc1N1CCOCC1. The number of morpholine rings is 1. The van der Waals surface area contributed by atoms with E-state index in [4.69, 9.17) is 9.72 Å². The zero-order valence-electron chi connectivity index (χ0n) is 17.2. The topological polar surface area (TPSA) is 56.1 Å². The molecule has 4 aromatic rings. The number of hydrogen-bond acceptors (Lipinski definition) is 8. The molecule has 5 rings (SSSR count). The quantitative estimate of drug-likeness (QED) is 0.349. The van der Waals surface area contributed by atoms with Gasteiger partial charge in [-0.2, -0.15) is 11.3 Å². The summed E-state index contributed by atoms with van der Waals surface area (Å²) in [5.41, 5.74) is 4.70. The Morgan fingerprint density at radius 2 is 1.97 bits per heavy atom. The van der Waals surface area contributed by atoms with Crippen molar-refractivity contribution in [3.05, 3.63) is 57.7 Å². The lowest BCUT2D eigenvalue weighted by molar-refractivity contribution is 0.122. The number of para-hydroxylation sites is 1. The molecule has 0 N–H and O–H groups in total. The molecule has 0 radical (unpaired) electrons. The molecule has 9 heteroatoms. The molecule has 0 saturated carbocycles. The van der Waals surface area contributed by atoms with E-state index in [1.807, 2.05) is 0 Å². The Bertz CT molecular complexity index is 1130. The van der Waals surface area contributed by atoms with Gasteiger partial charge in [0.15, 0.2) is 5.16 Å². The van der Waals surface area contributed by atoms with Crippen molar-refractivity contribution in [1.82, 2.24) is 19.7 Å². The van der Waals surface area contributed by atoms with Gasteiger partial charge in [0.2, 0.25) is 5.95 Å². The third-order valence-electron chi connectivity index (χ3n) is 5.19. The van der Waals surface area contributed by atoms with Crippen LogP contribution in [0.5, 0.6) is 0 Å². The first-order chi connectivity index (χ1) is 15.3. The second-order valence-electron chi connectivity index (χ2n) is 7.14. The van der Waals surface area contributed by atoms with E-state index in [0.29, 0.717) is 0 Å². The van der Waals surface area contributed by atoms with Crippen molar-refractivity contribution in [2.45, 2.75) is 24.3 Å². The summed E-state index contributed by atoms with van der Waals surface area (Å²) in [7, 11) is 0. The second-order valence-corrected chi connectivity index (χ2v) is 9.73. The van der Waals surface area contributed by atoms with E-state index in [1.165, 1.54) is 11.1 Å². The lowest BCUT2D eigenvalue weighted by atomic mass is 10.1. The van der Waals surface area contributed by atoms with Crippen LogP contribution in [0.2, 0.25) is 0 Å². The molecule has 1 aliphatic rings. The van der Waals surface area contributed by atoms with Crippen molar-refractivity contribution in [2.24, 2.45) is 0 Å². The largest absolute Gasteiger partial charge is 0.378 e. The molecule has 0 amide bonds. The number of anilines is 1. The van der Waals surface area contributed by atoms with Gasteiger partial charge in [0.1, 0.15) is 5.01 Å². The van der Waals surface area contributed by atoms with Crippen molar-refractivity contribution in [3.63, 3.8) is 0 Å². The zero-order chi connectivity index (χ0) is 21.0. The first-order valence-corrected chi connectivity index (χ1v) is 13.1. The summed E-state index contributed by atoms with van der Waals surface area (Å²) < 4.78 is 7.76. The van der Waals surface area contributed by atoms with E-state index < -0.39 is 0 Å². The number of thioether (sulfide) groups is 1. The molecule has 1 aromatic carbocycles. The lowest BCUT2D eigenvalue weighted by Crippen LogP contribution is -2.38. The van der Waals surface area contributed by atoms with E-state index in [9.17, 15) is 0 Å². The molecule has 0 unspecified atom stereocenters. The molecule has 0 atom stereocenters. The Kier molecular flexibility index (Phi) is 6.35. The normalized spacial score (nSPS) is 14.3. The summed E-state index contributed by atoms with van der Waals surface area (Å²) in [4.78, 5) is 7.09. The summed E-state index contributed by atoms with van der Waals surface area (Å²) >= 11 is 5.08. The predicted molar refractivity (Wildman–Crippen MR) is 129 cm³/mol. The van der Waals surface area contributed by atoms with E-state index in [0.717, 1.165) is 66.0 Å². The van der Waals surface area contributed by atoms with Crippen LogP contribution in [0.4, 0.5) is 5.95 Å². The number of thiophene rings is 1. The number of hydrogen-bond donors (Lipinski definition) is 0. The maximum absolute atomic E-state index is 5.55. The molecule has 1 fully saturated rings. The van der Waals surface area contributed by atoms with Crippen molar-refractivity contribution in [3.8, 4) is 16.3 Å². The molecule has 1 saturated heterocycles. The highest BCUT2D eigenvalue weighted by Crippen LogP contribution is 2.32. The van der Waals surface area contributed by atoms with Crippen LogP contribution in [0.3, 0.4) is 0 Å². The van der Waals surface area contributed by atoms with Gasteiger partial charge in [0.25, 0.3) is 0 Å². The molecule has 4 heterocycles. The van der Waals surface area contributed by atoms with Gasteiger partial charge < -0.3 is 9.64 Å². The highest BCUT2D eigenvalue weighted by atomic mass is 32.2. The first-order valence-electron chi connectivity index (χ1n) is 10.3. The van der Waals surface area contributed by atoms with E-state index in [2.05, 4.69) is 73.1 Å². The minimum absolute atomic E-state index is 0.717. The van der Waals surface area contributed by atoms with Crippen LogP contribution in [0.15, 0.2) is 51.6 Å². The fourth-order valence-electron chi connectivity index (χ4n) is 3.59. The standard InChI is InChI=1S/C22H23N5OS3/c1-2-16-5-3-4-6-19(16)27-21(26-8-10-28-11-9-26)24-25-22(27)31-15-18-14-30-20(23-18)17-7-12-29-13-17/h3-7,12-14H,2,8-11,15H2,1H3. The van der Waals surface area contributed by atoms with E-state index in [1.54, 1.807) is 34.4 Å². The monoisotopic (exact) mass is 469 g/mol. The average molecular weight is 470 g/mol. The third kappa shape index (κ3) is 4.41. The second kappa shape index (κ2) is 9.52. The van der Waals surface area contributed by atoms with Gasteiger partial charge in [-0.05, 0) is 29.5 Å². The molecule has 1 aliphatic heterocycles. The Labute approximate surface area is 193 Å². The highest BCUT2D eigenvalue weighted by molar-refractivity contribution is 7.98. The number of aryl methyl sites for hydroxylation is 1. The van der Waals surface area contributed by atoms with Gasteiger partial charge in [-0.1, -0.05) is 36.9 Å². The summed E-state index contributed by atoms with van der Waals surface area (Å²) in [6, 6.07) is 10.6. The predicted octanol–water partition coefficient (Wildman–Crippen LogP) is 5.14. The Balaban J connectivity index is 1.45. The van der Waals surface area contributed by atoms with Gasteiger partial charge in [-0.25, -0.2) is 4.98 Å². The molecule has 0 spiro atoms. The van der Waals surface area contributed by atoms with Crippen molar-refractivity contribution < 1.29 is 4.74 Å². The third-order valence-corrected chi connectivity index (χ3v) is 7.78. The summed E-state index contributed by atoms with van der Waals surface area (Å²) in [5.74, 6) is 1.65. The van der Waals surface area contributed by atoms with Crippen molar-refractivity contribution in [2.75, 3.05) is 31.2 Å². The fraction of sp³-hybridized carbons (Fsp3) is 0.318. The zero-order valence-corrected chi connectivity index (χ0v) is 19.7. The molecule has 6 nitrogen and oxygen atoms in total. The minimum Gasteiger partial charge on any atom is -0.378 e. The van der Waals surface area contributed by atoms with Gasteiger partial charge in [0.05, 0.1) is 24.6 Å². The maximum Gasteiger partial charge on any atom is 0.232 e. The van der Waals surface area contributed by atoms with E-state index >= 15 is 0 Å². The van der Waals surface area contributed by atoms with E-state index in [-0.39, 0.29) is 0 Å². The van der Waals surface area contributed by atoms with Gasteiger partial charge in [-0.15, -0.1) is 21.5 Å². The molecule has 3 aromatic heterocycles. The van der Waals surface area contributed by atoms with Gasteiger partial charge in [0, 0.05) is 35.2 Å². The van der Waals surface area contributed by atoms with Gasteiger partial charge in [-0.3, -0.25) is 4.57 Å². The molecule has 0 bridgehead atoms. The summed E-state index contributed by atoms with van der Waals surface area (Å²) in [6.07, 6.45) is 0.955. The van der Waals surface area contributed by atoms with Crippen LogP contribution in [0, 0.1) is 0 Å². The fourth-order valence-corrected chi connectivity index (χ4v) is 6.06. The maximum atomic E-state index is 5.55. The van der Waals surface area contributed by atoms with Crippen LogP contribution < -0.4 is 4.90 Å².